The van der Waals surface area contributed by atoms with E-state index in [1.54, 1.807) is 15.8 Å². The van der Waals surface area contributed by atoms with Crippen molar-refractivity contribution in [3.8, 4) is 11.1 Å². The fourth-order valence-electron chi connectivity index (χ4n) is 4.32. The van der Waals surface area contributed by atoms with E-state index in [4.69, 9.17) is 0 Å². The Hall–Kier alpha value is -3.41. The zero-order chi connectivity index (χ0) is 22.7. The van der Waals surface area contributed by atoms with Crippen molar-refractivity contribution in [2.24, 2.45) is 7.05 Å². The number of carbonyl (C=O) groups excluding carboxylic acids is 2. The summed E-state index contributed by atoms with van der Waals surface area (Å²) < 4.78 is 1.69. The van der Waals surface area contributed by atoms with E-state index in [1.165, 1.54) is 0 Å². The molecular weight excluding hydrogens is 400 g/mol. The third kappa shape index (κ3) is 4.31. The van der Waals surface area contributed by atoms with Crippen LogP contribution < -0.4 is 0 Å². The fourth-order valence-corrected chi connectivity index (χ4v) is 4.32. The second kappa shape index (κ2) is 9.39. The number of aromatic nitrogens is 2. The van der Waals surface area contributed by atoms with E-state index >= 15 is 0 Å². The van der Waals surface area contributed by atoms with Crippen LogP contribution in [0.4, 0.5) is 0 Å². The standard InChI is InChI=1S/C26H30N4O2/c1-4-14-29-15-16-30(25(31)23-18-27-28(3)19(23)2)24(26(29)32)17-20-10-12-22(13-11-20)21-8-6-5-7-9-21/h5-13,18,24H,4,14-17H2,1-3H3. The molecule has 0 bridgehead atoms. The molecule has 0 N–H and O–H groups in total. The van der Waals surface area contributed by atoms with Crippen molar-refractivity contribution in [3.05, 3.63) is 77.6 Å². The maximum absolute atomic E-state index is 13.4. The van der Waals surface area contributed by atoms with Gasteiger partial charge in [-0.1, -0.05) is 61.5 Å². The molecule has 1 fully saturated rings. The summed E-state index contributed by atoms with van der Waals surface area (Å²) >= 11 is 0. The summed E-state index contributed by atoms with van der Waals surface area (Å²) in [6, 6.07) is 18.0. The lowest BCUT2D eigenvalue weighted by atomic mass is 9.97. The van der Waals surface area contributed by atoms with Crippen LogP contribution in [0.5, 0.6) is 0 Å². The van der Waals surface area contributed by atoms with E-state index < -0.39 is 6.04 Å². The van der Waals surface area contributed by atoms with Crippen LogP contribution in [0.15, 0.2) is 60.8 Å². The molecule has 6 heteroatoms. The number of hydrogen-bond donors (Lipinski definition) is 0. The van der Waals surface area contributed by atoms with Gasteiger partial charge in [0.2, 0.25) is 5.91 Å². The van der Waals surface area contributed by atoms with Crippen LogP contribution in [0.25, 0.3) is 11.1 Å². The molecule has 2 heterocycles. The predicted molar refractivity (Wildman–Crippen MR) is 125 cm³/mol. The minimum Gasteiger partial charge on any atom is -0.339 e. The Labute approximate surface area is 189 Å². The number of carbonyl (C=O) groups is 2. The van der Waals surface area contributed by atoms with Gasteiger partial charge in [-0.05, 0) is 30.0 Å². The van der Waals surface area contributed by atoms with Crippen molar-refractivity contribution in [1.29, 1.82) is 0 Å². The number of rotatable bonds is 6. The molecule has 1 aromatic heterocycles. The Bertz CT molecular complexity index is 1090. The predicted octanol–water partition coefficient (Wildman–Crippen LogP) is 3.70. The largest absolute Gasteiger partial charge is 0.339 e. The number of amides is 2. The van der Waals surface area contributed by atoms with Crippen molar-refractivity contribution in [3.63, 3.8) is 0 Å². The summed E-state index contributed by atoms with van der Waals surface area (Å²) in [5.74, 6) is -0.0915. The third-order valence-electron chi connectivity index (χ3n) is 6.29. The van der Waals surface area contributed by atoms with Gasteiger partial charge in [-0.3, -0.25) is 14.3 Å². The summed E-state index contributed by atoms with van der Waals surface area (Å²) in [7, 11) is 1.82. The minimum atomic E-state index is -0.509. The average Bonchev–Trinajstić information content (AvgIpc) is 3.15. The molecule has 0 spiro atoms. The van der Waals surface area contributed by atoms with Crippen LogP contribution in [0.3, 0.4) is 0 Å². The van der Waals surface area contributed by atoms with E-state index in [9.17, 15) is 9.59 Å². The van der Waals surface area contributed by atoms with Gasteiger partial charge >= 0.3 is 0 Å². The molecule has 1 saturated heterocycles. The zero-order valence-electron chi connectivity index (χ0n) is 19.0. The molecular formula is C26H30N4O2. The van der Waals surface area contributed by atoms with Gasteiger partial charge in [0.15, 0.2) is 0 Å². The molecule has 1 aliphatic rings. The Morgan fingerprint density at radius 3 is 2.34 bits per heavy atom. The first-order valence-electron chi connectivity index (χ1n) is 11.2. The maximum Gasteiger partial charge on any atom is 0.258 e. The van der Waals surface area contributed by atoms with Crippen LogP contribution in [-0.4, -0.2) is 57.1 Å². The fraction of sp³-hybridized carbons (Fsp3) is 0.346. The lowest BCUT2D eigenvalue weighted by molar-refractivity contribution is -0.140. The lowest BCUT2D eigenvalue weighted by Crippen LogP contribution is -2.59. The molecule has 166 valence electrons. The summed E-state index contributed by atoms with van der Waals surface area (Å²) in [6.45, 7) is 5.77. The molecule has 3 aromatic rings. The summed E-state index contributed by atoms with van der Waals surface area (Å²) in [5, 5.41) is 4.22. The number of nitrogens with zero attached hydrogens (tertiary/aromatic N) is 4. The zero-order valence-corrected chi connectivity index (χ0v) is 19.0. The second-order valence-corrected chi connectivity index (χ2v) is 8.37. The minimum absolute atomic E-state index is 0.0279. The molecule has 2 amide bonds. The Balaban J connectivity index is 1.59. The Morgan fingerprint density at radius 2 is 1.72 bits per heavy atom. The SMILES string of the molecule is CCCN1CCN(C(=O)c2cnn(C)c2C)C(Cc2ccc(-c3ccccc3)cc2)C1=O. The number of piperazine rings is 1. The Kier molecular flexibility index (Phi) is 6.40. The lowest BCUT2D eigenvalue weighted by Gasteiger charge is -2.40. The number of benzene rings is 2. The van der Waals surface area contributed by atoms with E-state index in [1.807, 2.05) is 37.1 Å². The van der Waals surface area contributed by atoms with Crippen molar-refractivity contribution in [2.75, 3.05) is 19.6 Å². The van der Waals surface area contributed by atoms with Crippen molar-refractivity contribution < 1.29 is 9.59 Å². The summed E-state index contributed by atoms with van der Waals surface area (Å²) in [4.78, 5) is 30.4. The van der Waals surface area contributed by atoms with Gasteiger partial charge in [0.1, 0.15) is 6.04 Å². The van der Waals surface area contributed by atoms with Gasteiger partial charge in [0, 0.05) is 38.8 Å². The van der Waals surface area contributed by atoms with Gasteiger partial charge in [-0.2, -0.15) is 5.10 Å². The number of hydrogen-bond acceptors (Lipinski definition) is 3. The second-order valence-electron chi connectivity index (χ2n) is 8.37. The molecule has 0 saturated carbocycles. The highest BCUT2D eigenvalue weighted by atomic mass is 16.2. The molecule has 1 aliphatic heterocycles. The first-order chi connectivity index (χ1) is 15.5. The van der Waals surface area contributed by atoms with E-state index in [2.05, 4.69) is 48.4 Å². The van der Waals surface area contributed by atoms with Gasteiger partial charge in [-0.15, -0.1) is 0 Å². The van der Waals surface area contributed by atoms with E-state index in [0.29, 0.717) is 25.1 Å². The van der Waals surface area contributed by atoms with E-state index in [0.717, 1.165) is 35.3 Å². The van der Waals surface area contributed by atoms with Crippen LogP contribution in [-0.2, 0) is 18.3 Å². The average molecular weight is 431 g/mol. The molecule has 0 radical (unpaired) electrons. The van der Waals surface area contributed by atoms with Crippen LogP contribution in [0.1, 0.15) is 35.0 Å². The summed E-state index contributed by atoms with van der Waals surface area (Å²) in [6.07, 6.45) is 3.01. The first kappa shape index (κ1) is 21.8. The molecule has 6 nitrogen and oxygen atoms in total. The van der Waals surface area contributed by atoms with Gasteiger partial charge in [0.25, 0.3) is 5.91 Å². The monoisotopic (exact) mass is 430 g/mol. The summed E-state index contributed by atoms with van der Waals surface area (Å²) in [5.41, 5.74) is 4.71. The maximum atomic E-state index is 13.4. The molecule has 4 rings (SSSR count). The normalized spacial score (nSPS) is 16.5. The topological polar surface area (TPSA) is 58.4 Å². The van der Waals surface area contributed by atoms with Crippen molar-refractivity contribution in [2.45, 2.75) is 32.7 Å². The van der Waals surface area contributed by atoms with Gasteiger partial charge in [0.05, 0.1) is 11.8 Å². The Morgan fingerprint density at radius 1 is 1.03 bits per heavy atom. The van der Waals surface area contributed by atoms with Crippen molar-refractivity contribution >= 4 is 11.8 Å². The molecule has 2 aromatic carbocycles. The quantitative estimate of drug-likeness (QED) is 0.599. The van der Waals surface area contributed by atoms with Crippen molar-refractivity contribution in [1.82, 2.24) is 19.6 Å². The highest BCUT2D eigenvalue weighted by molar-refractivity contribution is 5.99. The highest BCUT2D eigenvalue weighted by Gasteiger charge is 2.38. The molecule has 1 atom stereocenters. The highest BCUT2D eigenvalue weighted by Crippen LogP contribution is 2.23. The smallest absolute Gasteiger partial charge is 0.258 e. The van der Waals surface area contributed by atoms with Crippen LogP contribution >= 0.6 is 0 Å². The van der Waals surface area contributed by atoms with Gasteiger partial charge < -0.3 is 9.80 Å². The van der Waals surface area contributed by atoms with E-state index in [-0.39, 0.29) is 11.8 Å². The van der Waals surface area contributed by atoms with Crippen LogP contribution in [0, 0.1) is 6.92 Å². The molecule has 32 heavy (non-hydrogen) atoms. The number of aryl methyl sites for hydroxylation is 1. The molecule has 1 unspecified atom stereocenters. The third-order valence-corrected chi connectivity index (χ3v) is 6.29. The molecule has 0 aliphatic carbocycles. The van der Waals surface area contributed by atoms with Crippen LogP contribution in [0.2, 0.25) is 0 Å². The first-order valence-corrected chi connectivity index (χ1v) is 11.2. The van der Waals surface area contributed by atoms with Gasteiger partial charge in [-0.25, -0.2) is 0 Å².